The number of aromatic nitrogens is 5. The van der Waals surface area contributed by atoms with Crippen LogP contribution in [-0.4, -0.2) is 60.1 Å². The molecule has 0 spiro atoms. The van der Waals surface area contributed by atoms with Gasteiger partial charge in [-0.25, -0.2) is 0 Å². The van der Waals surface area contributed by atoms with E-state index in [0.29, 0.717) is 31.4 Å². The molecule has 0 radical (unpaired) electrons. The molecular formula is C25H29N7O2. The zero-order valence-corrected chi connectivity index (χ0v) is 19.3. The molecular weight excluding hydrogens is 430 g/mol. The van der Waals surface area contributed by atoms with Gasteiger partial charge in [-0.3, -0.25) is 4.98 Å². The SMILES string of the molecule is CC(C)c1cnn2c(NCc3ccc(-c4ccccn4)cc3)nc(N3CC(O)CC3CO)nc12. The number of aliphatic hydroxyl groups excluding tert-OH is 2. The molecule has 176 valence electrons. The van der Waals surface area contributed by atoms with E-state index in [9.17, 15) is 10.2 Å². The molecule has 1 saturated heterocycles. The van der Waals surface area contributed by atoms with Crippen molar-refractivity contribution in [3.05, 3.63) is 66.0 Å². The number of pyridine rings is 1. The lowest BCUT2D eigenvalue weighted by molar-refractivity contribution is 0.184. The molecule has 0 amide bonds. The summed E-state index contributed by atoms with van der Waals surface area (Å²) in [5, 5.41) is 27.9. The molecule has 2 atom stereocenters. The van der Waals surface area contributed by atoms with Gasteiger partial charge in [0.1, 0.15) is 0 Å². The van der Waals surface area contributed by atoms with Crippen LogP contribution in [0.5, 0.6) is 0 Å². The fourth-order valence-corrected chi connectivity index (χ4v) is 4.35. The summed E-state index contributed by atoms with van der Waals surface area (Å²) in [7, 11) is 0. The number of aliphatic hydroxyl groups is 2. The van der Waals surface area contributed by atoms with Crippen LogP contribution in [0.1, 0.15) is 37.3 Å². The standard InChI is InChI=1S/C25H29N7O2/c1-16(2)21-13-28-32-23(21)29-25(31-14-20(34)11-19(31)15-33)30-24(32)27-12-17-6-8-18(9-7-17)22-5-3-4-10-26-22/h3-10,13,16,19-20,33-34H,11-12,14-15H2,1-2H3,(H,27,29,30). The van der Waals surface area contributed by atoms with E-state index in [1.165, 1.54) is 0 Å². The lowest BCUT2D eigenvalue weighted by Gasteiger charge is -2.23. The average Bonchev–Trinajstić information content (AvgIpc) is 3.46. The summed E-state index contributed by atoms with van der Waals surface area (Å²) in [5.41, 5.74) is 4.84. The molecule has 1 aromatic carbocycles. The molecule has 1 fully saturated rings. The molecule has 4 aromatic rings. The Hall–Kier alpha value is -3.56. The zero-order valence-electron chi connectivity index (χ0n) is 19.3. The Balaban J connectivity index is 1.44. The minimum atomic E-state index is -0.513. The van der Waals surface area contributed by atoms with E-state index >= 15 is 0 Å². The van der Waals surface area contributed by atoms with Crippen molar-refractivity contribution in [2.24, 2.45) is 0 Å². The maximum Gasteiger partial charge on any atom is 0.231 e. The van der Waals surface area contributed by atoms with E-state index in [1.807, 2.05) is 29.3 Å². The van der Waals surface area contributed by atoms with Crippen LogP contribution in [0.3, 0.4) is 0 Å². The summed E-state index contributed by atoms with van der Waals surface area (Å²) in [6.07, 6.45) is 3.60. The maximum absolute atomic E-state index is 10.2. The lowest BCUT2D eigenvalue weighted by atomic mass is 10.1. The molecule has 1 aliphatic rings. The van der Waals surface area contributed by atoms with Crippen LogP contribution in [-0.2, 0) is 6.54 Å². The average molecular weight is 460 g/mol. The Kier molecular flexibility index (Phi) is 6.12. The first-order chi connectivity index (χ1) is 16.5. The van der Waals surface area contributed by atoms with Crippen molar-refractivity contribution < 1.29 is 10.2 Å². The summed E-state index contributed by atoms with van der Waals surface area (Å²) in [4.78, 5) is 15.8. The summed E-state index contributed by atoms with van der Waals surface area (Å²) >= 11 is 0. The first-order valence-corrected chi connectivity index (χ1v) is 11.6. The summed E-state index contributed by atoms with van der Waals surface area (Å²) < 4.78 is 1.72. The molecule has 3 N–H and O–H groups in total. The highest BCUT2D eigenvalue weighted by molar-refractivity contribution is 5.60. The number of rotatable bonds is 7. The van der Waals surface area contributed by atoms with Crippen molar-refractivity contribution in [2.45, 2.75) is 44.9 Å². The number of β-amino-alcohol motifs (C(OH)–C–C–N with tert-alkyl or cyclic N) is 1. The van der Waals surface area contributed by atoms with E-state index in [-0.39, 0.29) is 18.6 Å². The smallest absolute Gasteiger partial charge is 0.231 e. The summed E-state index contributed by atoms with van der Waals surface area (Å²) in [5.74, 6) is 1.29. The van der Waals surface area contributed by atoms with Crippen molar-refractivity contribution >= 4 is 17.5 Å². The monoisotopic (exact) mass is 459 g/mol. The molecule has 0 bridgehead atoms. The maximum atomic E-state index is 10.2. The van der Waals surface area contributed by atoms with Crippen molar-refractivity contribution in [3.8, 4) is 11.3 Å². The molecule has 2 unspecified atom stereocenters. The minimum Gasteiger partial charge on any atom is -0.394 e. The molecule has 9 nitrogen and oxygen atoms in total. The van der Waals surface area contributed by atoms with Crippen LogP contribution in [0.15, 0.2) is 54.9 Å². The van der Waals surface area contributed by atoms with Crippen molar-refractivity contribution in [3.63, 3.8) is 0 Å². The second-order valence-corrected chi connectivity index (χ2v) is 8.98. The molecule has 9 heteroatoms. The third-order valence-corrected chi connectivity index (χ3v) is 6.23. The van der Waals surface area contributed by atoms with Crippen LogP contribution in [0.2, 0.25) is 0 Å². The van der Waals surface area contributed by atoms with Crippen molar-refractivity contribution in [2.75, 3.05) is 23.4 Å². The van der Waals surface area contributed by atoms with Gasteiger partial charge in [0, 0.05) is 30.4 Å². The number of benzene rings is 1. The first-order valence-electron chi connectivity index (χ1n) is 11.6. The van der Waals surface area contributed by atoms with Crippen LogP contribution in [0.4, 0.5) is 11.9 Å². The van der Waals surface area contributed by atoms with Gasteiger partial charge in [-0.2, -0.15) is 19.6 Å². The van der Waals surface area contributed by atoms with Gasteiger partial charge in [-0.05, 0) is 30.0 Å². The van der Waals surface area contributed by atoms with E-state index in [1.54, 1.807) is 10.7 Å². The van der Waals surface area contributed by atoms with Gasteiger partial charge < -0.3 is 20.4 Å². The first kappa shape index (κ1) is 22.2. The summed E-state index contributed by atoms with van der Waals surface area (Å²) in [6, 6.07) is 13.9. The lowest BCUT2D eigenvalue weighted by Crippen LogP contribution is -2.34. The van der Waals surface area contributed by atoms with Crippen molar-refractivity contribution in [1.82, 2.24) is 24.6 Å². The normalized spacial score (nSPS) is 18.2. The molecule has 34 heavy (non-hydrogen) atoms. The highest BCUT2D eigenvalue weighted by Gasteiger charge is 2.33. The van der Waals surface area contributed by atoms with Crippen LogP contribution in [0.25, 0.3) is 16.9 Å². The van der Waals surface area contributed by atoms with Gasteiger partial charge in [-0.1, -0.05) is 44.2 Å². The Morgan fingerprint density at radius 1 is 1.12 bits per heavy atom. The van der Waals surface area contributed by atoms with E-state index in [2.05, 4.69) is 53.5 Å². The quantitative estimate of drug-likeness (QED) is 0.387. The van der Waals surface area contributed by atoms with Gasteiger partial charge >= 0.3 is 0 Å². The zero-order chi connectivity index (χ0) is 23.7. The highest BCUT2D eigenvalue weighted by Crippen LogP contribution is 2.27. The van der Waals surface area contributed by atoms with Gasteiger partial charge in [0.2, 0.25) is 11.9 Å². The Labute approximate surface area is 198 Å². The van der Waals surface area contributed by atoms with E-state index < -0.39 is 6.10 Å². The van der Waals surface area contributed by atoms with E-state index in [0.717, 1.165) is 28.0 Å². The fraction of sp³-hybridized carbons (Fsp3) is 0.360. The van der Waals surface area contributed by atoms with E-state index in [4.69, 9.17) is 9.97 Å². The number of hydrogen-bond acceptors (Lipinski definition) is 8. The second kappa shape index (κ2) is 9.36. The molecule has 3 aromatic heterocycles. The number of fused-ring (bicyclic) bond motifs is 1. The van der Waals surface area contributed by atoms with Gasteiger partial charge in [0.05, 0.1) is 30.6 Å². The summed E-state index contributed by atoms with van der Waals surface area (Å²) in [6.45, 7) is 5.08. The predicted octanol–water partition coefficient (Wildman–Crippen LogP) is 2.85. The fourth-order valence-electron chi connectivity index (χ4n) is 4.35. The van der Waals surface area contributed by atoms with Crippen LogP contribution in [0, 0.1) is 0 Å². The number of nitrogens with zero attached hydrogens (tertiary/aromatic N) is 6. The molecule has 5 rings (SSSR count). The number of hydrogen-bond donors (Lipinski definition) is 3. The third-order valence-electron chi connectivity index (χ3n) is 6.23. The van der Waals surface area contributed by atoms with Crippen LogP contribution < -0.4 is 10.2 Å². The van der Waals surface area contributed by atoms with Gasteiger partial charge in [0.15, 0.2) is 5.65 Å². The number of nitrogens with one attached hydrogen (secondary N) is 1. The molecule has 4 heterocycles. The van der Waals surface area contributed by atoms with Crippen LogP contribution >= 0.6 is 0 Å². The molecule has 0 aliphatic carbocycles. The highest BCUT2D eigenvalue weighted by atomic mass is 16.3. The Morgan fingerprint density at radius 3 is 2.65 bits per heavy atom. The minimum absolute atomic E-state index is 0.0622. The Morgan fingerprint density at radius 2 is 1.94 bits per heavy atom. The van der Waals surface area contributed by atoms with Gasteiger partial charge in [-0.15, -0.1) is 0 Å². The number of anilines is 2. The third kappa shape index (κ3) is 4.32. The second-order valence-electron chi connectivity index (χ2n) is 8.98. The van der Waals surface area contributed by atoms with Crippen molar-refractivity contribution in [1.29, 1.82) is 0 Å². The molecule has 0 saturated carbocycles. The topological polar surface area (TPSA) is 112 Å². The molecule has 1 aliphatic heterocycles. The predicted molar refractivity (Wildman–Crippen MR) is 131 cm³/mol. The largest absolute Gasteiger partial charge is 0.394 e. The van der Waals surface area contributed by atoms with Gasteiger partial charge in [0.25, 0.3) is 0 Å². The Bertz CT molecular complexity index is 1260.